The van der Waals surface area contributed by atoms with Gasteiger partial charge in [0.1, 0.15) is 0 Å². The van der Waals surface area contributed by atoms with Crippen molar-refractivity contribution in [2.24, 2.45) is 5.92 Å². The largest absolute Gasteiger partial charge is 0.336 e. The fraction of sp³-hybridized carbons (Fsp3) is 0.412. The summed E-state index contributed by atoms with van der Waals surface area (Å²) in [6.07, 6.45) is 3.42. The molecule has 3 saturated heterocycles. The second-order valence-corrected chi connectivity index (χ2v) is 7.70. The maximum absolute atomic E-state index is 13.1. The van der Waals surface area contributed by atoms with Crippen LogP contribution in [0.15, 0.2) is 29.2 Å². The summed E-state index contributed by atoms with van der Waals surface area (Å²) < 4.78 is 1.52. The molecule has 2 atom stereocenters. The van der Waals surface area contributed by atoms with Crippen LogP contribution in [0.1, 0.15) is 28.9 Å². The summed E-state index contributed by atoms with van der Waals surface area (Å²) >= 11 is 1.53. The number of amides is 2. The van der Waals surface area contributed by atoms with Crippen molar-refractivity contribution < 1.29 is 9.59 Å². The number of aromatic nitrogens is 5. The van der Waals surface area contributed by atoms with Crippen LogP contribution in [0.2, 0.25) is 0 Å². The number of hydrogen-bond donors (Lipinski definition) is 0. The molecule has 0 N–H and O–H groups in total. The highest BCUT2D eigenvalue weighted by Crippen LogP contribution is 2.31. The van der Waals surface area contributed by atoms with Crippen molar-refractivity contribution in [1.29, 1.82) is 0 Å². The Morgan fingerprint density at radius 1 is 1.30 bits per heavy atom. The molecule has 138 valence electrons. The molecule has 2 amide bonds. The molecule has 6 rings (SSSR count). The van der Waals surface area contributed by atoms with Gasteiger partial charge in [0.25, 0.3) is 5.91 Å². The molecule has 0 radical (unpaired) electrons. The van der Waals surface area contributed by atoms with Gasteiger partial charge in [0.05, 0.1) is 23.7 Å². The van der Waals surface area contributed by atoms with E-state index < -0.39 is 0 Å². The average molecular weight is 383 g/mol. The number of carbonyl (C=O) groups is 2. The summed E-state index contributed by atoms with van der Waals surface area (Å²) in [5.74, 6) is -0.0998. The predicted octanol–water partition coefficient (Wildman–Crippen LogP) is 0.844. The maximum Gasteiger partial charge on any atom is 0.254 e. The number of pyridine rings is 1. The third-order valence-electron chi connectivity index (χ3n) is 5.34. The number of thiazole rings is 1. The Morgan fingerprint density at radius 3 is 3.07 bits per heavy atom. The number of tetrazole rings is 1. The minimum Gasteiger partial charge on any atom is -0.336 e. The topological polar surface area (TPSA) is 96.6 Å². The van der Waals surface area contributed by atoms with Crippen molar-refractivity contribution in [3.05, 3.63) is 40.5 Å². The van der Waals surface area contributed by atoms with Gasteiger partial charge in [-0.3, -0.25) is 9.59 Å². The lowest BCUT2D eigenvalue weighted by Crippen LogP contribution is -2.47. The highest BCUT2D eigenvalue weighted by atomic mass is 32.1. The molecule has 0 aliphatic carbocycles. The number of nitrogens with zero attached hydrogens (tertiary/aromatic N) is 7. The zero-order valence-electron chi connectivity index (χ0n) is 14.4. The molecule has 3 aromatic heterocycles. The summed E-state index contributed by atoms with van der Waals surface area (Å²) in [5.41, 5.74) is 3.75. The van der Waals surface area contributed by atoms with Crippen LogP contribution in [0.3, 0.4) is 0 Å². The fourth-order valence-electron chi connectivity index (χ4n) is 3.96. The van der Waals surface area contributed by atoms with Gasteiger partial charge < -0.3 is 9.80 Å². The van der Waals surface area contributed by atoms with E-state index in [-0.39, 0.29) is 23.8 Å². The lowest BCUT2D eigenvalue weighted by Gasteiger charge is -2.35. The van der Waals surface area contributed by atoms with Crippen LogP contribution >= 0.6 is 11.3 Å². The monoisotopic (exact) mass is 383 g/mol. The molecule has 27 heavy (non-hydrogen) atoms. The summed E-state index contributed by atoms with van der Waals surface area (Å²) in [6, 6.07) is 3.43. The number of carbonyl (C=O) groups excluding carboxylic acids is 2. The predicted molar refractivity (Wildman–Crippen MR) is 95.9 cm³/mol. The molecule has 3 aliphatic rings. The van der Waals surface area contributed by atoms with Crippen LogP contribution < -0.4 is 0 Å². The summed E-state index contributed by atoms with van der Waals surface area (Å²) in [4.78, 5) is 34.0. The number of rotatable bonds is 3. The Bertz CT molecular complexity index is 1000. The van der Waals surface area contributed by atoms with E-state index in [9.17, 15) is 9.59 Å². The molecule has 3 aliphatic heterocycles. The van der Waals surface area contributed by atoms with Crippen molar-refractivity contribution >= 4 is 28.8 Å². The second-order valence-electron chi connectivity index (χ2n) is 6.98. The molecule has 6 heterocycles. The van der Waals surface area contributed by atoms with Gasteiger partial charge in [0.2, 0.25) is 5.91 Å². The first-order valence-corrected chi connectivity index (χ1v) is 9.78. The molecule has 10 heteroatoms. The lowest BCUT2D eigenvalue weighted by molar-refractivity contribution is -0.140. The highest BCUT2D eigenvalue weighted by molar-refractivity contribution is 7.07. The highest BCUT2D eigenvalue weighted by Gasteiger charge is 2.42. The van der Waals surface area contributed by atoms with Crippen LogP contribution in [0.25, 0.3) is 5.65 Å². The van der Waals surface area contributed by atoms with Gasteiger partial charge in [-0.25, -0.2) is 9.50 Å². The number of piperidine rings is 1. The van der Waals surface area contributed by atoms with Crippen molar-refractivity contribution in [2.45, 2.75) is 25.4 Å². The Labute approximate surface area is 158 Å². The summed E-state index contributed by atoms with van der Waals surface area (Å²) in [5, 5.41) is 13.3. The molecule has 0 unspecified atom stereocenters. The standard InChI is InChI=1S/C17H17N7O2S/c25-16(11-3-4-24-15(5-11)19-20-21-24)22-6-12-1-2-14(8-22)23(17(12)26)7-13-9-27-10-18-13/h3-5,9-10,12,14H,1-2,6-8H2/t12-,14+/m0/s1. The lowest BCUT2D eigenvalue weighted by atomic mass is 9.94. The molecule has 3 aromatic rings. The van der Waals surface area contributed by atoms with Gasteiger partial charge in [-0.05, 0) is 35.4 Å². The molecule has 0 aromatic carbocycles. The zero-order valence-corrected chi connectivity index (χ0v) is 15.2. The zero-order chi connectivity index (χ0) is 18.4. The minimum absolute atomic E-state index is 0.0281. The van der Waals surface area contributed by atoms with E-state index in [0.717, 1.165) is 18.5 Å². The van der Waals surface area contributed by atoms with E-state index in [4.69, 9.17) is 0 Å². The van der Waals surface area contributed by atoms with E-state index in [1.807, 2.05) is 10.3 Å². The first kappa shape index (κ1) is 16.3. The van der Waals surface area contributed by atoms with E-state index in [0.29, 0.717) is 30.8 Å². The van der Waals surface area contributed by atoms with Crippen LogP contribution in [0, 0.1) is 5.92 Å². The third-order valence-corrected chi connectivity index (χ3v) is 5.98. The van der Waals surface area contributed by atoms with Gasteiger partial charge in [0.15, 0.2) is 5.65 Å². The van der Waals surface area contributed by atoms with Crippen molar-refractivity contribution in [1.82, 2.24) is 34.8 Å². The van der Waals surface area contributed by atoms with E-state index in [2.05, 4.69) is 20.5 Å². The number of fused-ring (bicyclic) bond motifs is 5. The van der Waals surface area contributed by atoms with Gasteiger partial charge in [-0.1, -0.05) is 0 Å². The van der Waals surface area contributed by atoms with Crippen molar-refractivity contribution in [3.63, 3.8) is 0 Å². The van der Waals surface area contributed by atoms with Crippen LogP contribution in [-0.2, 0) is 11.3 Å². The second kappa shape index (κ2) is 6.38. The van der Waals surface area contributed by atoms with E-state index in [1.165, 1.54) is 15.9 Å². The van der Waals surface area contributed by atoms with E-state index >= 15 is 0 Å². The summed E-state index contributed by atoms with van der Waals surface area (Å²) in [7, 11) is 0. The normalized spacial score (nSPS) is 22.4. The molecule has 2 bridgehead atoms. The van der Waals surface area contributed by atoms with Gasteiger partial charge in [-0.2, -0.15) is 0 Å². The molecule has 3 fully saturated rings. The van der Waals surface area contributed by atoms with Gasteiger partial charge in [-0.15, -0.1) is 16.4 Å². The average Bonchev–Trinajstić information content (AvgIpc) is 3.29. The van der Waals surface area contributed by atoms with Crippen LogP contribution in [0.5, 0.6) is 0 Å². The molecular weight excluding hydrogens is 366 g/mol. The van der Waals surface area contributed by atoms with Gasteiger partial charge >= 0.3 is 0 Å². The molecule has 9 nitrogen and oxygen atoms in total. The third kappa shape index (κ3) is 2.85. The Balaban J connectivity index is 1.40. The maximum atomic E-state index is 13.1. The van der Waals surface area contributed by atoms with Crippen LogP contribution in [0.4, 0.5) is 0 Å². The summed E-state index contributed by atoms with van der Waals surface area (Å²) in [6.45, 7) is 1.52. The van der Waals surface area contributed by atoms with E-state index in [1.54, 1.807) is 28.7 Å². The van der Waals surface area contributed by atoms with Crippen molar-refractivity contribution in [2.75, 3.05) is 13.1 Å². The Morgan fingerprint density at radius 2 is 2.22 bits per heavy atom. The first-order valence-electron chi connectivity index (χ1n) is 8.83. The van der Waals surface area contributed by atoms with Gasteiger partial charge in [0, 0.05) is 36.3 Å². The molecular formula is C17H17N7O2S. The fourth-order valence-corrected chi connectivity index (χ4v) is 4.51. The SMILES string of the molecule is O=C(c1ccn2nnnc2c1)N1C[C@@H]2CC[C@H](C1)N(Cc1cscn1)C2=O. The Hall–Kier alpha value is -2.88. The minimum atomic E-state index is -0.148. The first-order chi connectivity index (χ1) is 13.2. The number of hydrogen-bond acceptors (Lipinski definition) is 7. The Kier molecular flexibility index (Phi) is 3.85. The molecule has 0 saturated carbocycles. The quantitative estimate of drug-likeness (QED) is 0.665. The van der Waals surface area contributed by atoms with Crippen molar-refractivity contribution in [3.8, 4) is 0 Å². The van der Waals surface area contributed by atoms with Crippen LogP contribution in [-0.4, -0.2) is 65.8 Å². The molecule has 0 spiro atoms. The smallest absolute Gasteiger partial charge is 0.254 e.